The van der Waals surface area contributed by atoms with E-state index in [2.05, 4.69) is 103 Å². The summed E-state index contributed by atoms with van der Waals surface area (Å²) in [5.41, 5.74) is 11.7. The van der Waals surface area contributed by atoms with Crippen LogP contribution in [0.4, 0.5) is 0 Å². The Bertz CT molecular complexity index is 2720. The highest BCUT2D eigenvalue weighted by atomic mass is 16.3. The largest absolute Gasteiger partial charge is 0.456 e. The van der Waals surface area contributed by atoms with Gasteiger partial charge < -0.3 is 4.42 Å². The third-order valence-corrected chi connectivity index (χ3v) is 9.95. The summed E-state index contributed by atoms with van der Waals surface area (Å²) < 4.78 is 6.68. The molecular weight excluding hydrogens is 623 g/mol. The zero-order valence-electron chi connectivity index (χ0n) is 27.8. The van der Waals surface area contributed by atoms with Crippen molar-refractivity contribution in [3.8, 4) is 56.4 Å². The fraction of sp³-hybridized carbons (Fsp3) is 0.0426. The molecule has 0 aliphatic heterocycles. The molecule has 0 radical (unpaired) electrons. The fourth-order valence-corrected chi connectivity index (χ4v) is 7.33. The highest BCUT2D eigenvalue weighted by Crippen LogP contribution is 2.41. The number of furan rings is 1. The minimum atomic E-state index is 0.602. The standard InChI is InChI=1S/C47H31N3O/c1-3-12-33(13-4-1)45-48-46(34-14-5-2-6-15-34)50-47(49-45)41-27-39(29-43-44(41)40-26-36-17-9-10-18-37(36)28-42(40)51-43)32-21-19-31(20-22-32)38-24-23-30-11-7-8-16-35(30)25-38/h1-7,9-15,17-29H,8,16H2. The summed E-state index contributed by atoms with van der Waals surface area (Å²) in [6, 6.07) is 53.0. The molecule has 4 heteroatoms. The molecule has 4 nitrogen and oxygen atoms in total. The number of fused-ring (bicyclic) bond motifs is 5. The second-order valence-corrected chi connectivity index (χ2v) is 13.2. The molecule has 0 saturated carbocycles. The Balaban J connectivity index is 1.19. The Morgan fingerprint density at radius 3 is 1.76 bits per heavy atom. The second-order valence-electron chi connectivity index (χ2n) is 13.2. The monoisotopic (exact) mass is 653 g/mol. The van der Waals surface area contributed by atoms with Gasteiger partial charge in [0.1, 0.15) is 11.2 Å². The van der Waals surface area contributed by atoms with Crippen LogP contribution in [0.2, 0.25) is 0 Å². The molecule has 9 aromatic rings. The van der Waals surface area contributed by atoms with E-state index in [1.807, 2.05) is 60.7 Å². The van der Waals surface area contributed by atoms with E-state index in [1.54, 1.807) is 0 Å². The smallest absolute Gasteiger partial charge is 0.164 e. The molecule has 0 atom stereocenters. The predicted molar refractivity (Wildman–Crippen MR) is 209 cm³/mol. The number of allylic oxidation sites excluding steroid dienone is 1. The third kappa shape index (κ3) is 5.29. The lowest BCUT2D eigenvalue weighted by molar-refractivity contribution is 0.669. The summed E-state index contributed by atoms with van der Waals surface area (Å²) in [5, 5.41) is 4.31. The van der Waals surface area contributed by atoms with E-state index in [0.29, 0.717) is 17.5 Å². The van der Waals surface area contributed by atoms with Crippen LogP contribution in [0.25, 0.3) is 95.2 Å². The molecule has 0 fully saturated rings. The maximum atomic E-state index is 6.68. The first-order chi connectivity index (χ1) is 25.2. The maximum absolute atomic E-state index is 6.68. The summed E-state index contributed by atoms with van der Waals surface area (Å²) in [6.07, 6.45) is 6.67. The topological polar surface area (TPSA) is 51.8 Å². The van der Waals surface area contributed by atoms with Gasteiger partial charge in [0.15, 0.2) is 17.5 Å². The molecule has 0 spiro atoms. The Hall–Kier alpha value is -6.65. The van der Waals surface area contributed by atoms with Crippen LogP contribution in [-0.2, 0) is 6.42 Å². The molecule has 10 rings (SSSR count). The lowest BCUT2D eigenvalue weighted by Gasteiger charge is -2.13. The average molecular weight is 654 g/mol. The van der Waals surface area contributed by atoms with E-state index in [9.17, 15) is 0 Å². The molecule has 7 aromatic carbocycles. The molecule has 51 heavy (non-hydrogen) atoms. The summed E-state index contributed by atoms with van der Waals surface area (Å²) >= 11 is 0. The van der Waals surface area contributed by atoms with E-state index >= 15 is 0 Å². The van der Waals surface area contributed by atoms with Gasteiger partial charge in [0, 0.05) is 27.5 Å². The van der Waals surface area contributed by atoms with Crippen molar-refractivity contribution in [2.45, 2.75) is 12.8 Å². The second kappa shape index (κ2) is 12.0. The van der Waals surface area contributed by atoms with Gasteiger partial charge in [0.05, 0.1) is 0 Å². The van der Waals surface area contributed by atoms with Crippen molar-refractivity contribution in [1.82, 2.24) is 15.0 Å². The van der Waals surface area contributed by atoms with E-state index in [1.165, 1.54) is 22.3 Å². The number of nitrogens with zero attached hydrogens (tertiary/aromatic N) is 3. The van der Waals surface area contributed by atoms with Crippen LogP contribution in [-0.4, -0.2) is 15.0 Å². The minimum absolute atomic E-state index is 0.602. The predicted octanol–water partition coefficient (Wildman–Crippen LogP) is 12.2. The summed E-state index contributed by atoms with van der Waals surface area (Å²) in [4.78, 5) is 15.3. The normalized spacial score (nSPS) is 12.5. The number of hydrogen-bond acceptors (Lipinski definition) is 4. The number of aromatic nitrogens is 3. The molecular formula is C47H31N3O. The van der Waals surface area contributed by atoms with Gasteiger partial charge in [-0.15, -0.1) is 0 Å². The zero-order valence-corrected chi connectivity index (χ0v) is 27.8. The first-order valence-corrected chi connectivity index (χ1v) is 17.4. The van der Waals surface area contributed by atoms with E-state index < -0.39 is 0 Å². The van der Waals surface area contributed by atoms with Gasteiger partial charge in [-0.3, -0.25) is 0 Å². The number of benzene rings is 7. The molecule has 0 unspecified atom stereocenters. The van der Waals surface area contributed by atoms with Gasteiger partial charge in [-0.25, -0.2) is 15.0 Å². The maximum Gasteiger partial charge on any atom is 0.164 e. The third-order valence-electron chi connectivity index (χ3n) is 9.95. The Labute approximate surface area is 295 Å². The first kappa shape index (κ1) is 29.3. The molecule has 240 valence electrons. The van der Waals surface area contributed by atoms with Crippen LogP contribution in [0.3, 0.4) is 0 Å². The Kier molecular flexibility index (Phi) is 6.91. The summed E-state index contributed by atoms with van der Waals surface area (Å²) in [7, 11) is 0. The van der Waals surface area contributed by atoms with Crippen molar-refractivity contribution in [3.63, 3.8) is 0 Å². The van der Waals surface area contributed by atoms with Crippen LogP contribution >= 0.6 is 0 Å². The molecule has 1 aliphatic carbocycles. The van der Waals surface area contributed by atoms with Gasteiger partial charge in [-0.1, -0.05) is 140 Å². The first-order valence-electron chi connectivity index (χ1n) is 17.4. The zero-order chi connectivity index (χ0) is 33.7. The van der Waals surface area contributed by atoms with Gasteiger partial charge in [-0.2, -0.15) is 0 Å². The lowest BCUT2D eigenvalue weighted by atomic mass is 9.92. The fourth-order valence-electron chi connectivity index (χ4n) is 7.33. The van der Waals surface area contributed by atoms with Crippen LogP contribution in [0.1, 0.15) is 17.5 Å². The Morgan fingerprint density at radius 1 is 0.451 bits per heavy atom. The summed E-state index contributed by atoms with van der Waals surface area (Å²) in [5.74, 6) is 1.85. The van der Waals surface area contributed by atoms with Gasteiger partial charge in [0.25, 0.3) is 0 Å². The van der Waals surface area contributed by atoms with Crippen molar-refractivity contribution < 1.29 is 4.42 Å². The molecule has 2 heterocycles. The van der Waals surface area contributed by atoms with Crippen molar-refractivity contribution >= 4 is 38.8 Å². The van der Waals surface area contributed by atoms with Crippen LogP contribution < -0.4 is 0 Å². The van der Waals surface area contributed by atoms with Crippen LogP contribution in [0.15, 0.2) is 162 Å². The van der Waals surface area contributed by atoms with Crippen molar-refractivity contribution in [2.75, 3.05) is 0 Å². The Morgan fingerprint density at radius 2 is 1.06 bits per heavy atom. The van der Waals surface area contributed by atoms with Gasteiger partial charge >= 0.3 is 0 Å². The van der Waals surface area contributed by atoms with E-state index in [4.69, 9.17) is 19.4 Å². The molecule has 0 bridgehead atoms. The van der Waals surface area contributed by atoms with Crippen molar-refractivity contribution in [3.05, 3.63) is 169 Å². The quantitative estimate of drug-likeness (QED) is 0.185. The average Bonchev–Trinajstić information content (AvgIpc) is 3.57. The van der Waals surface area contributed by atoms with Crippen LogP contribution in [0.5, 0.6) is 0 Å². The molecule has 0 N–H and O–H groups in total. The summed E-state index contributed by atoms with van der Waals surface area (Å²) in [6.45, 7) is 0. The number of hydrogen-bond donors (Lipinski definition) is 0. The van der Waals surface area contributed by atoms with Gasteiger partial charge in [-0.05, 0) is 81.3 Å². The SMILES string of the molecule is C1=Cc2ccc(-c3ccc(-c4cc(-c5nc(-c6ccccc6)nc(-c6ccccc6)n5)c5c(c4)oc4cc6ccccc6cc45)cc3)cc2CC1. The van der Waals surface area contributed by atoms with Crippen molar-refractivity contribution in [2.24, 2.45) is 0 Å². The minimum Gasteiger partial charge on any atom is -0.456 e. The molecule has 0 saturated heterocycles. The highest BCUT2D eigenvalue weighted by Gasteiger charge is 2.20. The molecule has 0 amide bonds. The van der Waals surface area contributed by atoms with Gasteiger partial charge in [0.2, 0.25) is 0 Å². The number of rotatable bonds is 5. The number of aryl methyl sites for hydroxylation is 1. The highest BCUT2D eigenvalue weighted by molar-refractivity contribution is 6.16. The van der Waals surface area contributed by atoms with Crippen molar-refractivity contribution in [1.29, 1.82) is 0 Å². The van der Waals surface area contributed by atoms with E-state index in [0.717, 1.165) is 73.4 Å². The molecule has 2 aromatic heterocycles. The van der Waals surface area contributed by atoms with E-state index in [-0.39, 0.29) is 0 Å². The van der Waals surface area contributed by atoms with Crippen LogP contribution in [0, 0.1) is 0 Å². The lowest BCUT2D eigenvalue weighted by Crippen LogP contribution is -2.00. The molecule has 1 aliphatic rings.